The second-order valence-corrected chi connectivity index (χ2v) is 7.38. The van der Waals surface area contributed by atoms with Gasteiger partial charge in [0.2, 0.25) is 5.91 Å². The minimum Gasteiger partial charge on any atom is -0.455 e. The van der Waals surface area contributed by atoms with Crippen molar-refractivity contribution in [2.45, 2.75) is 26.7 Å². The molecule has 1 saturated heterocycles. The zero-order valence-electron chi connectivity index (χ0n) is 17.5. The van der Waals surface area contributed by atoms with Crippen LogP contribution in [0.2, 0.25) is 0 Å². The molecule has 2 N–H and O–H groups in total. The fraction of sp³-hybridized carbons (Fsp3) is 0.304. The van der Waals surface area contributed by atoms with Gasteiger partial charge in [-0.2, -0.15) is 0 Å². The van der Waals surface area contributed by atoms with Crippen LogP contribution in [0.1, 0.15) is 34.8 Å². The third-order valence-electron chi connectivity index (χ3n) is 5.03. The number of anilines is 1. The monoisotopic (exact) mass is 423 g/mol. The summed E-state index contributed by atoms with van der Waals surface area (Å²) in [5.41, 5.74) is 5.59. The molecule has 3 rings (SSSR count). The van der Waals surface area contributed by atoms with Gasteiger partial charge in [-0.3, -0.25) is 29.6 Å². The Morgan fingerprint density at radius 2 is 1.81 bits per heavy atom. The average molecular weight is 423 g/mol. The van der Waals surface area contributed by atoms with E-state index in [-0.39, 0.29) is 18.9 Å². The quantitative estimate of drug-likeness (QED) is 0.665. The Morgan fingerprint density at radius 3 is 2.52 bits per heavy atom. The highest BCUT2D eigenvalue weighted by Crippen LogP contribution is 2.19. The number of nitrogens with one attached hydrogen (secondary N) is 2. The summed E-state index contributed by atoms with van der Waals surface area (Å²) >= 11 is 0. The number of ether oxygens (including phenoxy) is 1. The number of carbonyl (C=O) groups is 4. The fourth-order valence-electron chi connectivity index (χ4n) is 3.26. The van der Waals surface area contributed by atoms with Gasteiger partial charge in [-0.25, -0.2) is 0 Å². The second kappa shape index (κ2) is 9.88. The number of hydrogen-bond donors (Lipinski definition) is 2. The summed E-state index contributed by atoms with van der Waals surface area (Å²) in [6.45, 7) is 3.43. The first-order valence-electron chi connectivity index (χ1n) is 10.1. The molecule has 8 heteroatoms. The molecule has 1 aliphatic rings. The third kappa shape index (κ3) is 5.69. The largest absolute Gasteiger partial charge is 0.455 e. The summed E-state index contributed by atoms with van der Waals surface area (Å²) in [6.07, 6.45) is 0.665. The molecular formula is C23H25N3O5. The molecule has 0 aromatic heterocycles. The van der Waals surface area contributed by atoms with E-state index in [4.69, 9.17) is 4.74 Å². The van der Waals surface area contributed by atoms with Gasteiger partial charge in [0.15, 0.2) is 6.61 Å². The van der Waals surface area contributed by atoms with Gasteiger partial charge < -0.3 is 10.1 Å². The van der Waals surface area contributed by atoms with Crippen LogP contribution in [0.15, 0.2) is 48.5 Å². The first-order chi connectivity index (χ1) is 14.9. The van der Waals surface area contributed by atoms with E-state index in [1.165, 1.54) is 0 Å². The first-order valence-corrected chi connectivity index (χ1v) is 10.1. The van der Waals surface area contributed by atoms with E-state index < -0.39 is 30.3 Å². The molecule has 1 fully saturated rings. The van der Waals surface area contributed by atoms with Crippen LogP contribution in [-0.2, 0) is 25.5 Å². The number of para-hydroxylation sites is 1. The summed E-state index contributed by atoms with van der Waals surface area (Å²) < 4.78 is 5.09. The third-order valence-corrected chi connectivity index (χ3v) is 5.03. The Bertz CT molecular complexity index is 987. The van der Waals surface area contributed by atoms with E-state index in [1.807, 2.05) is 32.0 Å². The first kappa shape index (κ1) is 22.0. The van der Waals surface area contributed by atoms with Crippen LogP contribution in [-0.4, -0.2) is 41.9 Å². The molecule has 0 radical (unpaired) electrons. The minimum atomic E-state index is -0.749. The summed E-state index contributed by atoms with van der Waals surface area (Å²) in [5.74, 6) is -2.68. The molecule has 1 heterocycles. The second-order valence-electron chi connectivity index (χ2n) is 7.38. The highest BCUT2D eigenvalue weighted by molar-refractivity contribution is 5.97. The lowest BCUT2D eigenvalue weighted by Crippen LogP contribution is -2.43. The number of aryl methyl sites for hydroxylation is 2. The molecule has 0 aliphatic carbocycles. The maximum Gasteiger partial charge on any atom is 0.311 e. The molecule has 1 aliphatic heterocycles. The lowest BCUT2D eigenvalue weighted by Gasteiger charge is -2.17. The molecular weight excluding hydrogens is 398 g/mol. The SMILES string of the molecule is CCc1ccccc1NC(=O)COC(=O)[C@H]1CC(=O)N(NC(=O)c2ccc(C)cc2)C1. The molecule has 31 heavy (non-hydrogen) atoms. The molecule has 0 bridgehead atoms. The van der Waals surface area contributed by atoms with Crippen LogP contribution in [0.5, 0.6) is 0 Å². The molecule has 2 aromatic carbocycles. The standard InChI is InChI=1S/C23H25N3O5/c1-3-16-6-4-5-7-19(16)24-20(27)14-31-23(30)18-12-21(28)26(13-18)25-22(29)17-10-8-15(2)9-11-17/h4-11,18H,3,12-14H2,1-2H3,(H,24,27)(H,25,29)/t18-/m0/s1. The van der Waals surface area contributed by atoms with Gasteiger partial charge in [0, 0.05) is 17.7 Å². The Kier molecular flexibility index (Phi) is 7.02. The van der Waals surface area contributed by atoms with Crippen molar-refractivity contribution in [1.29, 1.82) is 0 Å². The van der Waals surface area contributed by atoms with Gasteiger partial charge in [0.05, 0.1) is 12.5 Å². The Labute approximate surface area is 180 Å². The molecule has 1 atom stereocenters. The number of nitrogens with zero attached hydrogens (tertiary/aromatic N) is 1. The van der Waals surface area contributed by atoms with Gasteiger partial charge in [0.25, 0.3) is 11.8 Å². The van der Waals surface area contributed by atoms with Crippen molar-refractivity contribution in [2.24, 2.45) is 5.92 Å². The van der Waals surface area contributed by atoms with Crippen LogP contribution in [0.3, 0.4) is 0 Å². The molecule has 2 aromatic rings. The predicted molar refractivity (Wildman–Crippen MR) is 114 cm³/mol. The summed E-state index contributed by atoms with van der Waals surface area (Å²) in [5, 5.41) is 3.84. The maximum absolute atomic E-state index is 12.3. The smallest absolute Gasteiger partial charge is 0.311 e. The molecule has 0 spiro atoms. The number of hydrazine groups is 1. The van der Waals surface area contributed by atoms with Crippen LogP contribution in [0.4, 0.5) is 5.69 Å². The Morgan fingerprint density at radius 1 is 1.10 bits per heavy atom. The lowest BCUT2D eigenvalue weighted by molar-refractivity contribution is -0.151. The summed E-state index contributed by atoms with van der Waals surface area (Å²) in [7, 11) is 0. The zero-order valence-corrected chi connectivity index (χ0v) is 17.5. The topological polar surface area (TPSA) is 105 Å². The number of hydrogen-bond acceptors (Lipinski definition) is 5. The van der Waals surface area contributed by atoms with E-state index >= 15 is 0 Å². The number of carbonyl (C=O) groups excluding carboxylic acids is 4. The minimum absolute atomic E-state index is 0.00441. The lowest BCUT2D eigenvalue weighted by atomic mass is 10.1. The van der Waals surface area contributed by atoms with Gasteiger partial charge >= 0.3 is 5.97 Å². The van der Waals surface area contributed by atoms with Crippen molar-refractivity contribution in [1.82, 2.24) is 10.4 Å². The van der Waals surface area contributed by atoms with Crippen molar-refractivity contribution in [3.63, 3.8) is 0 Å². The van der Waals surface area contributed by atoms with Gasteiger partial charge in [-0.1, -0.05) is 42.8 Å². The highest BCUT2D eigenvalue weighted by atomic mass is 16.5. The van der Waals surface area contributed by atoms with Gasteiger partial charge in [-0.05, 0) is 37.1 Å². The Hall–Kier alpha value is -3.68. The molecule has 0 saturated carbocycles. The predicted octanol–water partition coefficient (Wildman–Crippen LogP) is 2.23. The normalized spacial score (nSPS) is 15.5. The zero-order chi connectivity index (χ0) is 22.4. The van der Waals surface area contributed by atoms with E-state index in [2.05, 4.69) is 10.7 Å². The van der Waals surface area contributed by atoms with Crippen LogP contribution >= 0.6 is 0 Å². The van der Waals surface area contributed by atoms with Crippen LogP contribution in [0.25, 0.3) is 0 Å². The average Bonchev–Trinajstić information content (AvgIpc) is 3.13. The summed E-state index contributed by atoms with van der Waals surface area (Å²) in [6, 6.07) is 14.3. The van der Waals surface area contributed by atoms with Crippen LogP contribution in [0, 0.1) is 12.8 Å². The number of amides is 3. The van der Waals surface area contributed by atoms with E-state index in [9.17, 15) is 19.2 Å². The van der Waals surface area contributed by atoms with Crippen molar-refractivity contribution in [2.75, 3.05) is 18.5 Å². The van der Waals surface area contributed by atoms with E-state index in [0.29, 0.717) is 11.3 Å². The Balaban J connectivity index is 1.49. The van der Waals surface area contributed by atoms with Gasteiger partial charge in [-0.15, -0.1) is 0 Å². The molecule has 0 unspecified atom stereocenters. The summed E-state index contributed by atoms with van der Waals surface area (Å²) in [4.78, 5) is 48.9. The van der Waals surface area contributed by atoms with Crippen molar-refractivity contribution < 1.29 is 23.9 Å². The van der Waals surface area contributed by atoms with E-state index in [1.54, 1.807) is 30.3 Å². The van der Waals surface area contributed by atoms with Crippen molar-refractivity contribution >= 4 is 29.4 Å². The number of esters is 1. The van der Waals surface area contributed by atoms with Crippen molar-refractivity contribution in [3.05, 3.63) is 65.2 Å². The molecule has 3 amide bonds. The number of rotatable bonds is 7. The maximum atomic E-state index is 12.3. The number of benzene rings is 2. The molecule has 162 valence electrons. The van der Waals surface area contributed by atoms with E-state index in [0.717, 1.165) is 22.6 Å². The fourth-order valence-corrected chi connectivity index (χ4v) is 3.26. The van der Waals surface area contributed by atoms with Crippen LogP contribution < -0.4 is 10.7 Å². The molecule has 8 nitrogen and oxygen atoms in total. The van der Waals surface area contributed by atoms with Gasteiger partial charge in [0.1, 0.15) is 0 Å². The highest BCUT2D eigenvalue weighted by Gasteiger charge is 2.36. The van der Waals surface area contributed by atoms with Crippen molar-refractivity contribution in [3.8, 4) is 0 Å².